The SMILES string of the molecule is CO[Si](CCCOCCN(CCOCCC[Si](OC)(OC)OC)c1ccc(N=Nc2ccc(C#N)cc2)cc1)(OC)OC. The van der Waals surface area contributed by atoms with Crippen LogP contribution < -0.4 is 4.90 Å². The second-order valence-electron chi connectivity index (χ2n) is 9.38. The summed E-state index contributed by atoms with van der Waals surface area (Å²) in [5.41, 5.74) is 3.02. The number of nitriles is 1. The lowest BCUT2D eigenvalue weighted by molar-refractivity contribution is 0.105. The Morgan fingerprint density at radius 1 is 0.605 bits per heavy atom. The molecule has 0 bridgehead atoms. The minimum absolute atomic E-state index is 0.547. The Morgan fingerprint density at radius 2 is 1.00 bits per heavy atom. The lowest BCUT2D eigenvalue weighted by Gasteiger charge is -2.26. The van der Waals surface area contributed by atoms with Gasteiger partial charge in [-0.3, -0.25) is 0 Å². The van der Waals surface area contributed by atoms with E-state index < -0.39 is 17.6 Å². The van der Waals surface area contributed by atoms with E-state index in [0.717, 1.165) is 24.2 Å². The highest BCUT2D eigenvalue weighted by Crippen LogP contribution is 2.23. The first-order chi connectivity index (χ1) is 20.9. The molecule has 0 saturated carbocycles. The molecule has 2 aromatic carbocycles. The van der Waals surface area contributed by atoms with Crippen molar-refractivity contribution in [2.45, 2.75) is 24.9 Å². The number of ether oxygens (including phenoxy) is 2. The molecule has 2 aromatic rings. The summed E-state index contributed by atoms with van der Waals surface area (Å²) in [6.07, 6.45) is 1.55. The van der Waals surface area contributed by atoms with E-state index in [9.17, 15) is 0 Å². The van der Waals surface area contributed by atoms with Crippen LogP contribution in [0.2, 0.25) is 12.1 Å². The molecule has 14 heteroatoms. The molecule has 0 amide bonds. The Balaban J connectivity index is 1.93. The number of hydrogen-bond acceptors (Lipinski definition) is 12. The summed E-state index contributed by atoms with van der Waals surface area (Å²) in [5, 5.41) is 17.6. The van der Waals surface area contributed by atoms with E-state index in [-0.39, 0.29) is 0 Å². The van der Waals surface area contributed by atoms with E-state index in [0.29, 0.717) is 62.9 Å². The van der Waals surface area contributed by atoms with Gasteiger partial charge in [0.2, 0.25) is 0 Å². The standard InChI is InChI=1S/C29H46N4O8Si2/c1-34-42(35-2,36-3)23-7-19-40-21-17-33(18-22-41-20-8-24-43(37-4,38-5)39-6)29-15-13-28(14-16-29)32-31-27-11-9-26(25-30)10-12-27/h9-16H,7-8,17-24H2,1-6H3. The zero-order chi connectivity index (χ0) is 31.4. The number of rotatable bonds is 23. The van der Waals surface area contributed by atoms with Crippen LogP contribution in [0.4, 0.5) is 17.1 Å². The third kappa shape index (κ3) is 12.5. The second kappa shape index (κ2) is 20.4. The van der Waals surface area contributed by atoms with Crippen LogP contribution in [0.3, 0.4) is 0 Å². The van der Waals surface area contributed by atoms with Gasteiger partial charge >= 0.3 is 17.6 Å². The second-order valence-corrected chi connectivity index (χ2v) is 15.6. The molecule has 0 heterocycles. The van der Waals surface area contributed by atoms with Gasteiger partial charge in [0, 0.05) is 86.7 Å². The maximum Gasteiger partial charge on any atom is 0.500 e. The Labute approximate surface area is 258 Å². The number of azo groups is 1. The van der Waals surface area contributed by atoms with E-state index >= 15 is 0 Å². The van der Waals surface area contributed by atoms with Crippen LogP contribution >= 0.6 is 0 Å². The fourth-order valence-corrected chi connectivity index (χ4v) is 7.65. The largest absolute Gasteiger partial charge is 0.500 e. The topological polar surface area (TPSA) is 126 Å². The molecule has 2 rings (SSSR count). The minimum atomic E-state index is -2.60. The number of anilines is 1. The van der Waals surface area contributed by atoms with E-state index in [2.05, 4.69) is 21.2 Å². The average molecular weight is 635 g/mol. The van der Waals surface area contributed by atoms with Crippen molar-refractivity contribution in [1.82, 2.24) is 0 Å². The zero-order valence-corrected chi connectivity index (χ0v) is 28.2. The van der Waals surface area contributed by atoms with Crippen LogP contribution in [0.25, 0.3) is 0 Å². The normalized spacial score (nSPS) is 12.1. The van der Waals surface area contributed by atoms with Gasteiger partial charge in [-0.2, -0.15) is 15.5 Å². The van der Waals surface area contributed by atoms with E-state index in [1.807, 2.05) is 24.3 Å². The molecule has 0 aliphatic heterocycles. The molecule has 12 nitrogen and oxygen atoms in total. The van der Waals surface area contributed by atoms with Crippen LogP contribution in [0.15, 0.2) is 58.8 Å². The monoisotopic (exact) mass is 634 g/mol. The molecule has 0 aromatic heterocycles. The summed E-state index contributed by atoms with van der Waals surface area (Å²) in [5.74, 6) is 0. The summed E-state index contributed by atoms with van der Waals surface area (Å²) in [6.45, 7) is 3.62. The molecule has 43 heavy (non-hydrogen) atoms. The molecule has 238 valence electrons. The van der Waals surface area contributed by atoms with Crippen LogP contribution in [0, 0.1) is 11.3 Å². The highest BCUT2D eigenvalue weighted by molar-refractivity contribution is 6.60. The molecule has 0 fully saturated rings. The highest BCUT2D eigenvalue weighted by atomic mass is 28.4. The summed E-state index contributed by atoms with van der Waals surface area (Å²) < 4.78 is 44.8. The molecular weight excluding hydrogens is 589 g/mol. The van der Waals surface area contributed by atoms with Gasteiger partial charge in [0.1, 0.15) is 0 Å². The van der Waals surface area contributed by atoms with Crippen molar-refractivity contribution in [1.29, 1.82) is 5.26 Å². The average Bonchev–Trinajstić information content (AvgIpc) is 3.07. The zero-order valence-electron chi connectivity index (χ0n) is 26.2. The third-order valence-corrected chi connectivity index (χ3v) is 12.6. The minimum Gasteiger partial charge on any atom is -0.380 e. The smallest absolute Gasteiger partial charge is 0.380 e. The third-order valence-electron chi connectivity index (χ3n) is 6.91. The van der Waals surface area contributed by atoms with Gasteiger partial charge in [0.05, 0.1) is 36.2 Å². The van der Waals surface area contributed by atoms with Gasteiger partial charge in [0.25, 0.3) is 0 Å². The predicted octanol–water partition coefficient (Wildman–Crippen LogP) is 5.35. The Kier molecular flexibility index (Phi) is 17.4. The van der Waals surface area contributed by atoms with Crippen LogP contribution in [-0.2, 0) is 36.0 Å². The van der Waals surface area contributed by atoms with Crippen molar-refractivity contribution in [2.24, 2.45) is 10.2 Å². The van der Waals surface area contributed by atoms with Crippen molar-refractivity contribution in [3.05, 3.63) is 54.1 Å². The van der Waals surface area contributed by atoms with Crippen molar-refractivity contribution >= 4 is 34.7 Å². The van der Waals surface area contributed by atoms with E-state index in [4.69, 9.17) is 41.3 Å². The van der Waals surface area contributed by atoms with E-state index in [1.165, 1.54) is 0 Å². The molecule has 0 spiro atoms. The van der Waals surface area contributed by atoms with Gasteiger partial charge < -0.3 is 40.9 Å². The van der Waals surface area contributed by atoms with Crippen LogP contribution in [-0.4, -0.2) is 99.8 Å². The van der Waals surface area contributed by atoms with Crippen LogP contribution in [0.5, 0.6) is 0 Å². The molecular formula is C29H46N4O8Si2. The lowest BCUT2D eigenvalue weighted by Crippen LogP contribution is -2.42. The van der Waals surface area contributed by atoms with Crippen molar-refractivity contribution in [3.63, 3.8) is 0 Å². The molecule has 0 aliphatic carbocycles. The van der Waals surface area contributed by atoms with Crippen molar-refractivity contribution in [3.8, 4) is 6.07 Å². The van der Waals surface area contributed by atoms with Gasteiger partial charge in [-0.05, 0) is 61.4 Å². The number of hydrogen-bond donors (Lipinski definition) is 0. The van der Waals surface area contributed by atoms with Gasteiger partial charge in [0.15, 0.2) is 0 Å². The van der Waals surface area contributed by atoms with Gasteiger partial charge in [-0.1, -0.05) is 0 Å². The highest BCUT2D eigenvalue weighted by Gasteiger charge is 2.37. The Bertz CT molecular complexity index is 1050. The first kappa shape index (κ1) is 36.6. The van der Waals surface area contributed by atoms with Crippen molar-refractivity contribution in [2.75, 3.05) is 87.1 Å². The number of nitrogens with zero attached hydrogens (tertiary/aromatic N) is 4. The molecule has 0 atom stereocenters. The maximum absolute atomic E-state index is 8.96. The Hall–Kier alpha value is -2.56. The summed E-state index contributed by atoms with van der Waals surface area (Å²) >= 11 is 0. The van der Waals surface area contributed by atoms with Gasteiger partial charge in [-0.25, -0.2) is 0 Å². The number of benzene rings is 2. The molecule has 0 aliphatic rings. The summed E-state index contributed by atoms with van der Waals surface area (Å²) in [6, 6.07) is 18.3. The first-order valence-corrected chi connectivity index (χ1v) is 18.0. The molecule has 0 unspecified atom stereocenters. The fraction of sp³-hybridized carbons (Fsp3) is 0.552. The fourth-order valence-electron chi connectivity index (χ4n) is 4.27. The molecule has 0 saturated heterocycles. The first-order valence-electron chi connectivity index (χ1n) is 14.2. The van der Waals surface area contributed by atoms with Gasteiger partial charge in [-0.15, -0.1) is 0 Å². The summed E-state index contributed by atoms with van der Waals surface area (Å²) in [7, 11) is 4.50. The molecule has 0 radical (unpaired) electrons. The Morgan fingerprint density at radius 3 is 1.37 bits per heavy atom. The maximum atomic E-state index is 8.96. The van der Waals surface area contributed by atoms with Crippen molar-refractivity contribution < 1.29 is 36.0 Å². The lowest BCUT2D eigenvalue weighted by atomic mass is 10.2. The summed E-state index contributed by atoms with van der Waals surface area (Å²) in [4.78, 5) is 2.22. The quantitative estimate of drug-likeness (QED) is 0.0897. The predicted molar refractivity (Wildman–Crippen MR) is 168 cm³/mol. The van der Waals surface area contributed by atoms with E-state index in [1.54, 1.807) is 66.9 Å². The van der Waals surface area contributed by atoms with Crippen LogP contribution in [0.1, 0.15) is 18.4 Å². The molecule has 0 N–H and O–H groups in total.